The number of hydrogen-bond acceptors (Lipinski definition) is 3. The van der Waals surface area contributed by atoms with Gasteiger partial charge in [-0.05, 0) is 6.92 Å². The van der Waals surface area contributed by atoms with E-state index in [1.807, 2.05) is 11.8 Å². The molecule has 0 bridgehead atoms. The number of nitrogens with one attached hydrogen (secondary N) is 1. The van der Waals surface area contributed by atoms with E-state index in [1.54, 1.807) is 7.11 Å². The summed E-state index contributed by atoms with van der Waals surface area (Å²) < 4.78 is 5.41. The first-order valence-electron chi connectivity index (χ1n) is 4.82. The van der Waals surface area contributed by atoms with E-state index in [1.165, 1.54) is 0 Å². The van der Waals surface area contributed by atoms with Crippen molar-refractivity contribution >= 4 is 11.8 Å². The third-order valence-electron chi connectivity index (χ3n) is 1.55. The van der Waals surface area contributed by atoms with Crippen molar-refractivity contribution in [2.75, 3.05) is 26.0 Å². The predicted molar refractivity (Wildman–Crippen MR) is 61.6 cm³/mol. The van der Waals surface area contributed by atoms with Crippen LogP contribution in [0, 0.1) is 0 Å². The van der Waals surface area contributed by atoms with E-state index in [4.69, 9.17) is 4.74 Å². The standard InChI is InChI=1S/C10H23NOS/c1-9(8-12-5)11-6-7-13-10(2,3)4/h9,11H,6-8H2,1-5H3. The van der Waals surface area contributed by atoms with Crippen molar-refractivity contribution in [2.24, 2.45) is 0 Å². The molecule has 0 heterocycles. The molecule has 0 fully saturated rings. The minimum Gasteiger partial charge on any atom is -0.383 e. The highest BCUT2D eigenvalue weighted by atomic mass is 32.2. The normalized spacial score (nSPS) is 14.5. The molecule has 1 atom stereocenters. The Hall–Kier alpha value is 0.270. The zero-order valence-electron chi connectivity index (χ0n) is 9.52. The summed E-state index contributed by atoms with van der Waals surface area (Å²) in [6, 6.07) is 0.463. The maximum Gasteiger partial charge on any atom is 0.0613 e. The van der Waals surface area contributed by atoms with Crippen LogP contribution in [0.4, 0.5) is 0 Å². The van der Waals surface area contributed by atoms with Crippen molar-refractivity contribution in [3.05, 3.63) is 0 Å². The lowest BCUT2D eigenvalue weighted by atomic mass is 10.3. The topological polar surface area (TPSA) is 21.3 Å². The minimum atomic E-state index is 0.381. The second kappa shape index (κ2) is 6.68. The summed E-state index contributed by atoms with van der Waals surface area (Å²) in [5, 5.41) is 3.41. The fraction of sp³-hybridized carbons (Fsp3) is 1.00. The van der Waals surface area contributed by atoms with E-state index < -0.39 is 0 Å². The number of ether oxygens (including phenoxy) is 1. The molecule has 0 spiro atoms. The third-order valence-corrected chi connectivity index (χ3v) is 2.82. The van der Waals surface area contributed by atoms with Crippen molar-refractivity contribution in [3.63, 3.8) is 0 Å². The molecule has 0 saturated carbocycles. The zero-order chi connectivity index (χ0) is 10.3. The van der Waals surface area contributed by atoms with Crippen molar-refractivity contribution < 1.29 is 4.74 Å². The van der Waals surface area contributed by atoms with Crippen LogP contribution >= 0.6 is 11.8 Å². The van der Waals surface area contributed by atoms with Gasteiger partial charge in [0.05, 0.1) is 6.61 Å². The lowest BCUT2D eigenvalue weighted by molar-refractivity contribution is 0.173. The molecule has 0 radical (unpaired) electrons. The minimum absolute atomic E-state index is 0.381. The first kappa shape index (κ1) is 13.3. The Balaban J connectivity index is 3.25. The van der Waals surface area contributed by atoms with Gasteiger partial charge >= 0.3 is 0 Å². The summed E-state index contributed by atoms with van der Waals surface area (Å²) in [7, 11) is 1.74. The average Bonchev–Trinajstić information content (AvgIpc) is 1.97. The monoisotopic (exact) mass is 205 g/mol. The van der Waals surface area contributed by atoms with Crippen molar-refractivity contribution in [1.82, 2.24) is 5.32 Å². The van der Waals surface area contributed by atoms with E-state index in [9.17, 15) is 0 Å². The molecule has 13 heavy (non-hydrogen) atoms. The van der Waals surface area contributed by atoms with Crippen molar-refractivity contribution in [3.8, 4) is 0 Å². The van der Waals surface area contributed by atoms with Gasteiger partial charge in [0.15, 0.2) is 0 Å². The second-order valence-electron chi connectivity index (χ2n) is 4.27. The second-order valence-corrected chi connectivity index (χ2v) is 6.19. The molecule has 0 aromatic heterocycles. The fourth-order valence-electron chi connectivity index (χ4n) is 0.971. The van der Waals surface area contributed by atoms with E-state index in [2.05, 4.69) is 33.0 Å². The zero-order valence-corrected chi connectivity index (χ0v) is 10.3. The van der Waals surface area contributed by atoms with Gasteiger partial charge in [-0.3, -0.25) is 0 Å². The number of hydrogen-bond donors (Lipinski definition) is 1. The highest BCUT2D eigenvalue weighted by molar-refractivity contribution is 8.00. The largest absolute Gasteiger partial charge is 0.383 e. The van der Waals surface area contributed by atoms with Gasteiger partial charge in [-0.15, -0.1) is 0 Å². The molecule has 0 saturated heterocycles. The van der Waals surface area contributed by atoms with Gasteiger partial charge in [0.2, 0.25) is 0 Å². The highest BCUT2D eigenvalue weighted by Crippen LogP contribution is 2.21. The maximum absolute atomic E-state index is 5.03. The molecular weight excluding hydrogens is 182 g/mol. The third kappa shape index (κ3) is 10.2. The number of thioether (sulfide) groups is 1. The van der Waals surface area contributed by atoms with Crippen LogP contribution in [0.15, 0.2) is 0 Å². The van der Waals surface area contributed by atoms with Gasteiger partial charge in [0.25, 0.3) is 0 Å². The Labute approximate surface area is 86.8 Å². The SMILES string of the molecule is COCC(C)NCCSC(C)(C)C. The van der Waals surface area contributed by atoms with Crippen LogP contribution in [-0.2, 0) is 4.74 Å². The van der Waals surface area contributed by atoms with Crippen LogP contribution in [0.5, 0.6) is 0 Å². The predicted octanol–water partition coefficient (Wildman–Crippen LogP) is 2.14. The van der Waals surface area contributed by atoms with E-state index >= 15 is 0 Å². The van der Waals surface area contributed by atoms with Gasteiger partial charge in [-0.25, -0.2) is 0 Å². The molecule has 1 unspecified atom stereocenters. The molecule has 0 rings (SSSR count). The van der Waals surface area contributed by atoms with Crippen LogP contribution in [0.1, 0.15) is 27.7 Å². The molecule has 0 amide bonds. The summed E-state index contributed by atoms with van der Waals surface area (Å²) >= 11 is 1.99. The van der Waals surface area contributed by atoms with Crippen LogP contribution in [0.25, 0.3) is 0 Å². The Morgan fingerprint density at radius 2 is 2.00 bits per heavy atom. The van der Waals surface area contributed by atoms with Gasteiger partial charge in [0.1, 0.15) is 0 Å². The van der Waals surface area contributed by atoms with Gasteiger partial charge < -0.3 is 10.1 Å². The molecule has 0 aromatic rings. The average molecular weight is 205 g/mol. The maximum atomic E-state index is 5.03. The summed E-state index contributed by atoms with van der Waals surface area (Å²) in [5.74, 6) is 1.16. The Kier molecular flexibility index (Phi) is 6.82. The molecule has 2 nitrogen and oxygen atoms in total. The molecule has 80 valence electrons. The van der Waals surface area contributed by atoms with Crippen molar-refractivity contribution in [1.29, 1.82) is 0 Å². The Morgan fingerprint density at radius 3 is 2.46 bits per heavy atom. The molecule has 0 aromatic carbocycles. The quantitative estimate of drug-likeness (QED) is 0.671. The van der Waals surface area contributed by atoms with Gasteiger partial charge in [-0.1, -0.05) is 20.8 Å². The Bertz CT molecular complexity index is 123. The van der Waals surface area contributed by atoms with Gasteiger partial charge in [0, 0.05) is 30.2 Å². The molecule has 1 N–H and O–H groups in total. The highest BCUT2D eigenvalue weighted by Gasteiger charge is 2.09. The molecule has 0 aliphatic heterocycles. The molecule has 3 heteroatoms. The van der Waals surface area contributed by atoms with Gasteiger partial charge in [-0.2, -0.15) is 11.8 Å². The lowest BCUT2D eigenvalue weighted by Crippen LogP contribution is -2.32. The van der Waals surface area contributed by atoms with E-state index in [-0.39, 0.29) is 0 Å². The first-order valence-corrected chi connectivity index (χ1v) is 5.80. The van der Waals surface area contributed by atoms with Crippen LogP contribution in [0.2, 0.25) is 0 Å². The number of methoxy groups -OCH3 is 1. The lowest BCUT2D eigenvalue weighted by Gasteiger charge is -2.18. The summed E-state index contributed by atoms with van der Waals surface area (Å²) in [6.45, 7) is 10.7. The molecule has 0 aliphatic rings. The molecular formula is C10H23NOS. The van der Waals surface area contributed by atoms with Crippen LogP contribution in [0.3, 0.4) is 0 Å². The summed E-state index contributed by atoms with van der Waals surface area (Å²) in [4.78, 5) is 0. The summed E-state index contributed by atoms with van der Waals surface area (Å²) in [5.41, 5.74) is 0. The number of rotatable bonds is 6. The van der Waals surface area contributed by atoms with E-state index in [0.717, 1.165) is 18.9 Å². The fourth-order valence-corrected chi connectivity index (χ4v) is 1.80. The van der Waals surface area contributed by atoms with Crippen molar-refractivity contribution in [2.45, 2.75) is 38.5 Å². The first-order chi connectivity index (χ1) is 5.95. The molecule has 0 aliphatic carbocycles. The smallest absolute Gasteiger partial charge is 0.0613 e. The van der Waals surface area contributed by atoms with Crippen LogP contribution in [-0.4, -0.2) is 36.8 Å². The van der Waals surface area contributed by atoms with Crippen LogP contribution < -0.4 is 5.32 Å². The summed E-state index contributed by atoms with van der Waals surface area (Å²) in [6.07, 6.45) is 0. The van der Waals surface area contributed by atoms with E-state index in [0.29, 0.717) is 10.8 Å². The Morgan fingerprint density at radius 1 is 1.38 bits per heavy atom.